The number of hydrogen-bond acceptors (Lipinski definition) is 7. The lowest BCUT2D eigenvalue weighted by atomic mass is 10.0. The Hall–Kier alpha value is -3.08. The molecule has 2 aromatic carbocycles. The van der Waals surface area contributed by atoms with E-state index in [-0.39, 0.29) is 13.2 Å². The number of para-hydroxylation sites is 1. The van der Waals surface area contributed by atoms with Crippen LogP contribution in [0.5, 0.6) is 0 Å². The Morgan fingerprint density at radius 3 is 2.34 bits per heavy atom. The van der Waals surface area contributed by atoms with Crippen LogP contribution in [-0.2, 0) is 19.6 Å². The highest BCUT2D eigenvalue weighted by Gasteiger charge is 2.25. The number of aliphatic hydroxyl groups excluding tert-OH is 1. The average molecular weight is 420 g/mol. The number of nitrogens with zero attached hydrogens (tertiary/aromatic N) is 1. The Balaban J connectivity index is 2.40. The molecule has 0 spiro atoms. The third-order valence-electron chi connectivity index (χ3n) is 3.98. The van der Waals surface area contributed by atoms with Gasteiger partial charge in [0.15, 0.2) is 4.90 Å². The Labute approximate surface area is 167 Å². The molecule has 0 aliphatic heterocycles. The normalized spacial score (nSPS) is 12.2. The van der Waals surface area contributed by atoms with Gasteiger partial charge in [0.1, 0.15) is 6.61 Å². The Morgan fingerprint density at radius 1 is 1.14 bits per heavy atom. The molecule has 0 saturated carbocycles. The topological polar surface area (TPSA) is 136 Å². The van der Waals surface area contributed by atoms with Gasteiger partial charge < -0.3 is 9.84 Å². The van der Waals surface area contributed by atoms with E-state index in [0.717, 1.165) is 12.1 Å². The number of carbonyl (C=O) groups is 1. The zero-order chi connectivity index (χ0) is 21.4. The van der Waals surface area contributed by atoms with Crippen molar-refractivity contribution in [2.45, 2.75) is 11.8 Å². The highest BCUT2D eigenvalue weighted by Crippen LogP contribution is 2.24. The van der Waals surface area contributed by atoms with Crippen molar-refractivity contribution in [1.29, 1.82) is 0 Å². The predicted molar refractivity (Wildman–Crippen MR) is 105 cm³/mol. The van der Waals surface area contributed by atoms with E-state index in [1.54, 1.807) is 30.3 Å². The van der Waals surface area contributed by atoms with E-state index < -0.39 is 38.1 Å². The summed E-state index contributed by atoms with van der Waals surface area (Å²) < 4.78 is 32.6. The maximum absolute atomic E-state index is 12.7. The summed E-state index contributed by atoms with van der Waals surface area (Å²) in [6.07, 6.45) is 0. The van der Waals surface area contributed by atoms with Gasteiger partial charge in [-0.25, -0.2) is 13.1 Å². The molecule has 0 atom stereocenters. The quantitative estimate of drug-likeness (QED) is 0.359. The maximum Gasteiger partial charge on any atom is 0.302 e. The fourth-order valence-electron chi connectivity index (χ4n) is 2.57. The van der Waals surface area contributed by atoms with Gasteiger partial charge in [0.05, 0.1) is 11.5 Å². The van der Waals surface area contributed by atoms with Gasteiger partial charge >= 0.3 is 5.97 Å². The van der Waals surface area contributed by atoms with Crippen LogP contribution in [0, 0.1) is 10.1 Å². The highest BCUT2D eigenvalue weighted by atomic mass is 32.2. The molecule has 2 aromatic rings. The van der Waals surface area contributed by atoms with Crippen molar-refractivity contribution >= 4 is 27.3 Å². The van der Waals surface area contributed by atoms with Crippen LogP contribution in [0.2, 0.25) is 0 Å². The number of aliphatic hydroxyl groups is 1. The second kappa shape index (κ2) is 9.92. The first kappa shape index (κ1) is 22.2. The van der Waals surface area contributed by atoms with E-state index in [9.17, 15) is 28.4 Å². The van der Waals surface area contributed by atoms with Gasteiger partial charge in [-0.05, 0) is 22.8 Å². The number of nitro groups is 1. The second-order valence-electron chi connectivity index (χ2n) is 5.94. The number of hydrogen-bond donors (Lipinski definition) is 2. The van der Waals surface area contributed by atoms with E-state index in [1.165, 1.54) is 19.1 Å². The third-order valence-corrected chi connectivity index (χ3v) is 5.43. The van der Waals surface area contributed by atoms with Gasteiger partial charge in [-0.3, -0.25) is 14.9 Å². The summed E-state index contributed by atoms with van der Waals surface area (Å²) in [4.78, 5) is 21.0. The molecule has 9 nitrogen and oxygen atoms in total. The number of rotatable bonds is 9. The van der Waals surface area contributed by atoms with Crippen molar-refractivity contribution in [3.05, 3.63) is 75.8 Å². The molecule has 10 heteroatoms. The van der Waals surface area contributed by atoms with E-state index >= 15 is 0 Å². The Kier molecular flexibility index (Phi) is 7.59. The van der Waals surface area contributed by atoms with E-state index in [0.29, 0.717) is 16.7 Å². The van der Waals surface area contributed by atoms with Crippen molar-refractivity contribution < 1.29 is 28.0 Å². The Bertz CT molecular complexity index is 1020. The molecule has 0 aliphatic rings. The number of nitro benzene ring substituents is 1. The van der Waals surface area contributed by atoms with Gasteiger partial charge in [-0.1, -0.05) is 42.5 Å². The lowest BCUT2D eigenvalue weighted by Crippen LogP contribution is -2.27. The summed E-state index contributed by atoms with van der Waals surface area (Å²) in [5, 5.41) is 20.9. The van der Waals surface area contributed by atoms with E-state index in [4.69, 9.17) is 4.74 Å². The monoisotopic (exact) mass is 420 g/mol. The minimum Gasteiger partial charge on any atom is -0.461 e. The average Bonchev–Trinajstić information content (AvgIpc) is 2.70. The van der Waals surface area contributed by atoms with Crippen LogP contribution >= 0.6 is 0 Å². The lowest BCUT2D eigenvalue weighted by molar-refractivity contribution is -0.387. The highest BCUT2D eigenvalue weighted by molar-refractivity contribution is 7.89. The SMILES string of the molecule is CC(=O)OC/C(CO)=C(/CNS(=O)(=O)c1ccccc1[N+](=O)[O-])c1ccccc1. The van der Waals surface area contributed by atoms with E-state index in [1.807, 2.05) is 0 Å². The van der Waals surface area contributed by atoms with Gasteiger partial charge in [-0.2, -0.15) is 0 Å². The van der Waals surface area contributed by atoms with Gasteiger partial charge in [0.25, 0.3) is 5.69 Å². The fraction of sp³-hybridized carbons (Fsp3) is 0.211. The first-order valence-corrected chi connectivity index (χ1v) is 9.98. The summed E-state index contributed by atoms with van der Waals surface area (Å²) in [6, 6.07) is 13.6. The molecular weight excluding hydrogens is 400 g/mol. The lowest BCUT2D eigenvalue weighted by Gasteiger charge is -2.16. The Morgan fingerprint density at radius 2 is 1.76 bits per heavy atom. The van der Waals surface area contributed by atoms with Crippen LogP contribution in [0.4, 0.5) is 5.69 Å². The summed E-state index contributed by atoms with van der Waals surface area (Å²) in [5.74, 6) is -0.552. The number of nitrogens with one attached hydrogen (secondary N) is 1. The maximum atomic E-state index is 12.7. The second-order valence-corrected chi connectivity index (χ2v) is 7.67. The fourth-order valence-corrected chi connectivity index (χ4v) is 3.73. The zero-order valence-corrected chi connectivity index (χ0v) is 16.4. The number of esters is 1. The van der Waals surface area contributed by atoms with Crippen LogP contribution < -0.4 is 4.72 Å². The molecule has 29 heavy (non-hydrogen) atoms. The summed E-state index contributed by atoms with van der Waals surface area (Å²) in [7, 11) is -4.23. The zero-order valence-electron chi connectivity index (χ0n) is 15.6. The molecule has 0 aliphatic carbocycles. The number of ether oxygens (including phenoxy) is 1. The van der Waals surface area contributed by atoms with Crippen molar-refractivity contribution in [2.75, 3.05) is 19.8 Å². The molecule has 0 unspecified atom stereocenters. The molecule has 2 rings (SSSR count). The molecule has 2 N–H and O–H groups in total. The number of sulfonamides is 1. The van der Waals surface area contributed by atoms with Crippen LogP contribution in [0.15, 0.2) is 65.1 Å². The van der Waals surface area contributed by atoms with Gasteiger partial charge in [0.2, 0.25) is 10.0 Å². The van der Waals surface area contributed by atoms with Crippen LogP contribution in [0.25, 0.3) is 5.57 Å². The van der Waals surface area contributed by atoms with Crippen molar-refractivity contribution in [1.82, 2.24) is 4.72 Å². The summed E-state index contributed by atoms with van der Waals surface area (Å²) in [6.45, 7) is 0.262. The van der Waals surface area contributed by atoms with Crippen molar-refractivity contribution in [3.8, 4) is 0 Å². The van der Waals surface area contributed by atoms with Crippen LogP contribution in [0.1, 0.15) is 12.5 Å². The van der Waals surface area contributed by atoms with Gasteiger partial charge in [-0.15, -0.1) is 0 Å². The first-order valence-electron chi connectivity index (χ1n) is 8.50. The number of carbonyl (C=O) groups excluding carboxylic acids is 1. The third kappa shape index (κ3) is 5.95. The standard InChI is InChI=1S/C19H20N2O7S/c1-14(23)28-13-16(12-22)17(15-7-3-2-4-8-15)11-20-29(26,27)19-10-6-5-9-18(19)21(24)25/h2-10,20,22H,11-13H2,1H3/b17-16-. The summed E-state index contributed by atoms with van der Waals surface area (Å²) in [5.41, 5.74) is 0.759. The van der Waals surface area contributed by atoms with Crippen molar-refractivity contribution in [3.63, 3.8) is 0 Å². The van der Waals surface area contributed by atoms with Crippen LogP contribution in [-0.4, -0.2) is 44.2 Å². The molecule has 0 aromatic heterocycles. The largest absolute Gasteiger partial charge is 0.461 e. The molecule has 154 valence electrons. The molecule has 0 heterocycles. The number of benzene rings is 2. The predicted octanol–water partition coefficient (Wildman–Crippen LogP) is 1.88. The summed E-state index contributed by atoms with van der Waals surface area (Å²) >= 11 is 0. The molecule has 0 fully saturated rings. The van der Waals surface area contributed by atoms with Gasteiger partial charge in [0, 0.05) is 19.5 Å². The minimum absolute atomic E-state index is 0.219. The van der Waals surface area contributed by atoms with E-state index in [2.05, 4.69) is 4.72 Å². The molecular formula is C19H20N2O7S. The smallest absolute Gasteiger partial charge is 0.302 e. The first-order chi connectivity index (χ1) is 13.8. The minimum atomic E-state index is -4.23. The molecule has 0 amide bonds. The molecule has 0 bridgehead atoms. The molecule has 0 saturated heterocycles. The van der Waals surface area contributed by atoms with Crippen molar-refractivity contribution in [2.24, 2.45) is 0 Å². The van der Waals surface area contributed by atoms with Crippen LogP contribution in [0.3, 0.4) is 0 Å². The molecule has 0 radical (unpaired) electrons.